The quantitative estimate of drug-likeness (QED) is 0.203. The Hall–Kier alpha value is -4.02. The number of para-hydroxylation sites is 1. The minimum absolute atomic E-state index is 0.0117. The fourth-order valence-corrected chi connectivity index (χ4v) is 6.54. The summed E-state index contributed by atoms with van der Waals surface area (Å²) in [6.45, 7) is 2.93. The van der Waals surface area contributed by atoms with E-state index in [4.69, 9.17) is 0 Å². The molecule has 1 unspecified atom stereocenters. The predicted molar refractivity (Wildman–Crippen MR) is 169 cm³/mol. The highest BCUT2D eigenvalue weighted by atomic mass is 79.9. The second-order valence-corrected chi connectivity index (χ2v) is 13.1. The maximum atomic E-state index is 15.1. The van der Waals surface area contributed by atoms with Crippen molar-refractivity contribution in [1.82, 2.24) is 10.2 Å². The van der Waals surface area contributed by atoms with E-state index in [1.54, 1.807) is 18.2 Å². The van der Waals surface area contributed by atoms with Gasteiger partial charge >= 0.3 is 0 Å². The molecule has 0 aliphatic rings. The Labute approximate surface area is 260 Å². The molecular weight excluding hydrogens is 633 g/mol. The summed E-state index contributed by atoms with van der Waals surface area (Å²) in [7, 11) is -4.37. The van der Waals surface area contributed by atoms with Crippen molar-refractivity contribution in [2.75, 3.05) is 10.8 Å². The van der Waals surface area contributed by atoms with Gasteiger partial charge < -0.3 is 10.2 Å². The molecule has 2 amide bonds. The van der Waals surface area contributed by atoms with E-state index in [2.05, 4.69) is 21.2 Å². The molecule has 1 atom stereocenters. The van der Waals surface area contributed by atoms with Crippen LogP contribution in [0.25, 0.3) is 0 Å². The number of sulfonamides is 1. The minimum Gasteiger partial charge on any atom is -0.352 e. The second-order valence-electron chi connectivity index (χ2n) is 10.3. The van der Waals surface area contributed by atoms with Gasteiger partial charge in [-0.15, -0.1) is 0 Å². The van der Waals surface area contributed by atoms with E-state index in [1.807, 2.05) is 68.4 Å². The van der Waals surface area contributed by atoms with Crippen LogP contribution in [0.5, 0.6) is 0 Å². The van der Waals surface area contributed by atoms with E-state index < -0.39 is 34.3 Å². The first-order valence-electron chi connectivity index (χ1n) is 13.8. The third-order valence-corrected chi connectivity index (χ3v) is 8.94. The molecule has 0 saturated heterocycles. The fourth-order valence-electron chi connectivity index (χ4n) is 4.65. The van der Waals surface area contributed by atoms with Gasteiger partial charge in [0.25, 0.3) is 10.0 Å². The molecule has 0 heterocycles. The zero-order valence-corrected chi connectivity index (χ0v) is 26.3. The van der Waals surface area contributed by atoms with E-state index in [0.29, 0.717) is 0 Å². The summed E-state index contributed by atoms with van der Waals surface area (Å²) in [5.74, 6) is -1.85. The van der Waals surface area contributed by atoms with Gasteiger partial charge in [-0.25, -0.2) is 12.8 Å². The Morgan fingerprint density at radius 3 is 2.07 bits per heavy atom. The van der Waals surface area contributed by atoms with Gasteiger partial charge in [0.1, 0.15) is 18.4 Å². The first-order valence-corrected chi connectivity index (χ1v) is 16.0. The Bertz CT molecular complexity index is 1650. The molecule has 0 spiro atoms. The maximum Gasteiger partial charge on any atom is 0.264 e. The monoisotopic (exact) mass is 665 g/mol. The smallest absolute Gasteiger partial charge is 0.264 e. The van der Waals surface area contributed by atoms with Crippen LogP contribution in [0.15, 0.2) is 119 Å². The highest BCUT2D eigenvalue weighted by Gasteiger charge is 2.35. The topological polar surface area (TPSA) is 86.8 Å². The third kappa shape index (κ3) is 8.30. The van der Waals surface area contributed by atoms with Crippen molar-refractivity contribution in [3.05, 3.63) is 131 Å². The van der Waals surface area contributed by atoms with Gasteiger partial charge in [0.15, 0.2) is 0 Å². The zero-order chi connectivity index (χ0) is 31.0. The lowest BCUT2D eigenvalue weighted by Gasteiger charge is -2.34. The molecule has 0 aromatic heterocycles. The van der Waals surface area contributed by atoms with Gasteiger partial charge in [-0.2, -0.15) is 0 Å². The number of hydrogen-bond acceptors (Lipinski definition) is 4. The van der Waals surface area contributed by atoms with Gasteiger partial charge in [-0.05, 0) is 61.4 Å². The molecule has 0 bridgehead atoms. The highest BCUT2D eigenvalue weighted by molar-refractivity contribution is 9.10. The van der Waals surface area contributed by atoms with Crippen molar-refractivity contribution in [3.63, 3.8) is 0 Å². The average Bonchev–Trinajstić information content (AvgIpc) is 2.98. The number of amides is 2. The number of anilines is 1. The summed E-state index contributed by atoms with van der Waals surface area (Å²) >= 11 is 3.46. The lowest BCUT2D eigenvalue weighted by atomic mass is 10.0. The molecule has 10 heteroatoms. The number of hydrogen-bond donors (Lipinski definition) is 1. The second kappa shape index (κ2) is 14.4. The molecule has 0 fully saturated rings. The maximum absolute atomic E-state index is 15.1. The molecule has 0 aliphatic carbocycles. The Morgan fingerprint density at radius 2 is 1.44 bits per heavy atom. The molecule has 4 rings (SSSR count). The van der Waals surface area contributed by atoms with Crippen LogP contribution in [0.3, 0.4) is 0 Å². The molecule has 4 aromatic carbocycles. The van der Waals surface area contributed by atoms with E-state index >= 15 is 4.39 Å². The summed E-state index contributed by atoms with van der Waals surface area (Å²) < 4.78 is 44.5. The molecular formula is C33H33BrFN3O4S. The van der Waals surface area contributed by atoms with E-state index in [-0.39, 0.29) is 35.5 Å². The number of halogens is 2. The van der Waals surface area contributed by atoms with Crippen molar-refractivity contribution in [2.24, 2.45) is 0 Å². The van der Waals surface area contributed by atoms with Crippen LogP contribution in [0.4, 0.5) is 10.1 Å². The van der Waals surface area contributed by atoms with Gasteiger partial charge in [0, 0.05) is 23.5 Å². The average molecular weight is 667 g/mol. The third-order valence-electron chi connectivity index (χ3n) is 6.68. The van der Waals surface area contributed by atoms with Crippen molar-refractivity contribution in [3.8, 4) is 0 Å². The van der Waals surface area contributed by atoms with E-state index in [0.717, 1.165) is 26.0 Å². The van der Waals surface area contributed by atoms with Crippen LogP contribution in [-0.4, -0.2) is 43.8 Å². The van der Waals surface area contributed by atoms with Crippen LogP contribution < -0.4 is 9.62 Å². The first-order chi connectivity index (χ1) is 20.6. The van der Waals surface area contributed by atoms with Gasteiger partial charge in [0.2, 0.25) is 11.8 Å². The Balaban J connectivity index is 1.81. The zero-order valence-electron chi connectivity index (χ0n) is 23.9. The van der Waals surface area contributed by atoms with Crippen molar-refractivity contribution < 1.29 is 22.4 Å². The number of nitrogens with zero attached hydrogens (tertiary/aromatic N) is 2. The number of benzene rings is 4. The SMILES string of the molecule is CC(C)NC(=O)C(Cc1ccccc1)N(Cc1cccc(Br)c1)C(=O)CN(c1ccccc1F)S(=O)(=O)c1ccccc1. The normalized spacial score (nSPS) is 12.0. The minimum atomic E-state index is -4.37. The summed E-state index contributed by atoms with van der Waals surface area (Å²) in [6, 6.07) is 28.3. The number of carbonyl (C=O) groups excluding carboxylic acids is 2. The molecule has 0 aliphatic heterocycles. The molecule has 7 nitrogen and oxygen atoms in total. The van der Waals surface area contributed by atoms with Gasteiger partial charge in [-0.3, -0.25) is 13.9 Å². The molecule has 4 aromatic rings. The first kappa shape index (κ1) is 31.9. The van der Waals surface area contributed by atoms with Crippen LogP contribution in [-0.2, 0) is 32.6 Å². The van der Waals surface area contributed by atoms with Crippen LogP contribution >= 0.6 is 15.9 Å². The van der Waals surface area contributed by atoms with Gasteiger partial charge in [0.05, 0.1) is 10.6 Å². The van der Waals surface area contributed by atoms with Crippen molar-refractivity contribution in [2.45, 2.75) is 43.8 Å². The largest absolute Gasteiger partial charge is 0.352 e. The number of rotatable bonds is 12. The summed E-state index contributed by atoms with van der Waals surface area (Å²) in [5.41, 5.74) is 1.27. The lowest BCUT2D eigenvalue weighted by Crippen LogP contribution is -2.54. The van der Waals surface area contributed by atoms with Crippen molar-refractivity contribution in [1.29, 1.82) is 0 Å². The van der Waals surface area contributed by atoms with Crippen LogP contribution in [0.1, 0.15) is 25.0 Å². The molecule has 0 radical (unpaired) electrons. The molecule has 1 N–H and O–H groups in total. The van der Waals surface area contributed by atoms with E-state index in [1.165, 1.54) is 35.2 Å². The highest BCUT2D eigenvalue weighted by Crippen LogP contribution is 2.27. The Morgan fingerprint density at radius 1 is 0.837 bits per heavy atom. The van der Waals surface area contributed by atoms with Crippen LogP contribution in [0, 0.1) is 5.82 Å². The predicted octanol–water partition coefficient (Wildman–Crippen LogP) is 5.95. The lowest BCUT2D eigenvalue weighted by molar-refractivity contribution is -0.140. The molecule has 43 heavy (non-hydrogen) atoms. The number of nitrogens with one attached hydrogen (secondary N) is 1. The summed E-state index contributed by atoms with van der Waals surface area (Å²) in [6.07, 6.45) is 0.185. The van der Waals surface area contributed by atoms with Crippen molar-refractivity contribution >= 4 is 43.5 Å². The molecule has 0 saturated carbocycles. The molecule has 224 valence electrons. The van der Waals surface area contributed by atoms with Crippen LogP contribution in [0.2, 0.25) is 0 Å². The number of carbonyl (C=O) groups is 2. The summed E-state index contributed by atoms with van der Waals surface area (Å²) in [4.78, 5) is 29.3. The van der Waals surface area contributed by atoms with Gasteiger partial charge in [-0.1, -0.05) is 88.7 Å². The standard InChI is InChI=1S/C33H33BrFN3O4S/c1-24(2)36-33(40)31(21-25-12-5-3-6-13-25)37(22-26-14-11-15-27(34)20-26)32(39)23-38(30-19-10-9-18-29(30)35)43(41,42)28-16-7-4-8-17-28/h3-20,24,31H,21-23H2,1-2H3,(H,36,40). The Kier molecular flexibility index (Phi) is 10.7. The summed E-state index contributed by atoms with van der Waals surface area (Å²) in [5, 5.41) is 2.91. The fraction of sp³-hybridized carbons (Fsp3) is 0.212. The van der Waals surface area contributed by atoms with E-state index in [9.17, 15) is 18.0 Å².